The van der Waals surface area contributed by atoms with Crippen LogP contribution in [-0.4, -0.2) is 17.0 Å². The average molecular weight is 210 g/mol. The number of hydrogen-bond donors (Lipinski definition) is 1. The minimum absolute atomic E-state index is 0.0182. The summed E-state index contributed by atoms with van der Waals surface area (Å²) >= 11 is 0. The van der Waals surface area contributed by atoms with Crippen molar-refractivity contribution in [1.29, 1.82) is 0 Å². The van der Waals surface area contributed by atoms with Gasteiger partial charge >= 0.3 is 0 Å². The van der Waals surface area contributed by atoms with Crippen LogP contribution < -0.4 is 0 Å². The van der Waals surface area contributed by atoms with Gasteiger partial charge in [0.25, 0.3) is 0 Å². The Morgan fingerprint density at radius 2 is 1.93 bits per heavy atom. The fourth-order valence-electron chi connectivity index (χ4n) is 3.83. The fraction of sp³-hybridized carbons (Fsp3) is 0.923. The highest BCUT2D eigenvalue weighted by atomic mass is 16.3. The van der Waals surface area contributed by atoms with Crippen LogP contribution in [0.15, 0.2) is 0 Å². The summed E-state index contributed by atoms with van der Waals surface area (Å²) in [6.45, 7) is 6.31. The van der Waals surface area contributed by atoms with Crippen molar-refractivity contribution in [3.8, 4) is 0 Å². The molecule has 2 saturated carbocycles. The molecule has 0 amide bonds. The molecule has 1 unspecified atom stereocenters. The van der Waals surface area contributed by atoms with Gasteiger partial charge in [0, 0.05) is 11.8 Å². The summed E-state index contributed by atoms with van der Waals surface area (Å²) in [7, 11) is 0. The lowest BCUT2D eigenvalue weighted by Gasteiger charge is -2.54. The van der Waals surface area contributed by atoms with Gasteiger partial charge in [0.1, 0.15) is 5.78 Å². The molecule has 0 aromatic rings. The normalized spacial score (nSPS) is 44.9. The average Bonchev–Trinajstić information content (AvgIpc) is 2.16. The Morgan fingerprint density at radius 1 is 1.27 bits per heavy atom. The van der Waals surface area contributed by atoms with Gasteiger partial charge in [-0.15, -0.1) is 0 Å². The molecule has 2 nitrogen and oxygen atoms in total. The number of hydrogen-bond acceptors (Lipinski definition) is 2. The first-order chi connectivity index (χ1) is 6.89. The van der Waals surface area contributed by atoms with Gasteiger partial charge in [-0.05, 0) is 30.6 Å². The van der Waals surface area contributed by atoms with Crippen LogP contribution in [-0.2, 0) is 4.79 Å². The number of carbonyl (C=O) groups is 1. The Labute approximate surface area is 92.1 Å². The molecule has 0 radical (unpaired) electrons. The standard InChI is InChI=1S/C13H22O2/c1-12(2)9-5-4-6-11(15)13(9,3)8-7-10(12)14/h9,11,15H,4-8H2,1-3H3/t9?,11-,13-/m0/s1. The van der Waals surface area contributed by atoms with E-state index in [0.717, 1.165) is 25.7 Å². The lowest BCUT2D eigenvalue weighted by Crippen LogP contribution is -2.54. The molecule has 0 aliphatic heterocycles. The summed E-state index contributed by atoms with van der Waals surface area (Å²) < 4.78 is 0. The molecular formula is C13H22O2. The van der Waals surface area contributed by atoms with Gasteiger partial charge in [0.15, 0.2) is 0 Å². The van der Waals surface area contributed by atoms with E-state index in [4.69, 9.17) is 0 Å². The van der Waals surface area contributed by atoms with E-state index in [-0.39, 0.29) is 16.9 Å². The molecule has 2 aliphatic carbocycles. The minimum Gasteiger partial charge on any atom is -0.393 e. The van der Waals surface area contributed by atoms with Crippen LogP contribution in [0.1, 0.15) is 52.9 Å². The third-order valence-corrected chi connectivity index (χ3v) is 5.01. The molecule has 3 atom stereocenters. The number of ketones is 1. The van der Waals surface area contributed by atoms with Gasteiger partial charge in [-0.1, -0.05) is 27.2 Å². The molecule has 0 aromatic heterocycles. The largest absolute Gasteiger partial charge is 0.393 e. The quantitative estimate of drug-likeness (QED) is 0.667. The second-order valence-electron chi connectivity index (χ2n) is 6.15. The van der Waals surface area contributed by atoms with Crippen molar-refractivity contribution >= 4 is 5.78 Å². The molecule has 0 bridgehead atoms. The Kier molecular flexibility index (Phi) is 2.45. The van der Waals surface area contributed by atoms with Crippen LogP contribution in [0, 0.1) is 16.7 Å². The first kappa shape index (κ1) is 11.1. The highest BCUT2D eigenvalue weighted by Gasteiger charge is 2.54. The molecule has 0 aromatic carbocycles. The van der Waals surface area contributed by atoms with Crippen LogP contribution in [0.4, 0.5) is 0 Å². The van der Waals surface area contributed by atoms with E-state index >= 15 is 0 Å². The molecular weight excluding hydrogens is 188 g/mol. The minimum atomic E-state index is -0.228. The number of Topliss-reactive ketones (excluding diaryl/α,β-unsaturated/α-hetero) is 1. The molecule has 0 spiro atoms. The Morgan fingerprint density at radius 3 is 2.60 bits per heavy atom. The summed E-state index contributed by atoms with van der Waals surface area (Å²) in [5.41, 5.74) is -0.246. The predicted octanol–water partition coefficient (Wildman–Crippen LogP) is 2.54. The zero-order valence-corrected chi connectivity index (χ0v) is 10.0. The van der Waals surface area contributed by atoms with Gasteiger partial charge in [-0.2, -0.15) is 0 Å². The number of aliphatic hydroxyl groups excluding tert-OH is 1. The van der Waals surface area contributed by atoms with Crippen molar-refractivity contribution in [2.75, 3.05) is 0 Å². The lowest BCUT2D eigenvalue weighted by molar-refractivity contribution is -0.154. The number of aliphatic hydroxyl groups is 1. The van der Waals surface area contributed by atoms with Crippen LogP contribution in [0.2, 0.25) is 0 Å². The molecule has 0 saturated heterocycles. The molecule has 2 aliphatic rings. The maximum Gasteiger partial charge on any atom is 0.138 e. The zero-order chi connectivity index (χ0) is 11.3. The molecule has 0 heterocycles. The summed E-state index contributed by atoms with van der Waals surface area (Å²) in [6.07, 6.45) is 4.41. The predicted molar refractivity (Wildman–Crippen MR) is 59.5 cm³/mol. The molecule has 15 heavy (non-hydrogen) atoms. The molecule has 2 rings (SSSR count). The SMILES string of the molecule is CC1(C)C(=O)CC[C@@]2(C)C1CCC[C@@H]2O. The van der Waals surface area contributed by atoms with E-state index in [1.54, 1.807) is 0 Å². The summed E-state index contributed by atoms with van der Waals surface area (Å²) in [5, 5.41) is 10.2. The van der Waals surface area contributed by atoms with Crippen LogP contribution in [0.25, 0.3) is 0 Å². The highest BCUT2D eigenvalue weighted by molar-refractivity contribution is 5.85. The van der Waals surface area contributed by atoms with Crippen LogP contribution >= 0.6 is 0 Å². The number of fused-ring (bicyclic) bond motifs is 1. The van der Waals surface area contributed by atoms with Gasteiger partial charge in [0.05, 0.1) is 6.10 Å². The monoisotopic (exact) mass is 210 g/mol. The maximum atomic E-state index is 11.9. The van der Waals surface area contributed by atoms with E-state index in [2.05, 4.69) is 20.8 Å². The third kappa shape index (κ3) is 1.45. The van der Waals surface area contributed by atoms with E-state index in [9.17, 15) is 9.90 Å². The van der Waals surface area contributed by atoms with Crippen molar-refractivity contribution in [2.45, 2.75) is 59.0 Å². The smallest absolute Gasteiger partial charge is 0.138 e. The highest BCUT2D eigenvalue weighted by Crippen LogP contribution is 2.56. The maximum absolute atomic E-state index is 11.9. The van der Waals surface area contributed by atoms with E-state index in [0.29, 0.717) is 18.1 Å². The molecule has 1 N–H and O–H groups in total. The first-order valence-corrected chi connectivity index (χ1v) is 6.10. The second kappa shape index (κ2) is 3.31. The van der Waals surface area contributed by atoms with E-state index in [1.807, 2.05) is 0 Å². The summed E-state index contributed by atoms with van der Waals surface area (Å²) in [4.78, 5) is 11.9. The molecule has 2 heteroatoms. The van der Waals surface area contributed by atoms with Gasteiger partial charge < -0.3 is 5.11 Å². The Hall–Kier alpha value is -0.370. The molecule has 2 fully saturated rings. The zero-order valence-electron chi connectivity index (χ0n) is 10.0. The van der Waals surface area contributed by atoms with Crippen molar-refractivity contribution < 1.29 is 9.90 Å². The van der Waals surface area contributed by atoms with Crippen molar-refractivity contribution in [2.24, 2.45) is 16.7 Å². The number of rotatable bonds is 0. The van der Waals surface area contributed by atoms with Gasteiger partial charge in [0.2, 0.25) is 0 Å². The third-order valence-electron chi connectivity index (χ3n) is 5.01. The lowest BCUT2D eigenvalue weighted by atomic mass is 9.50. The van der Waals surface area contributed by atoms with E-state index < -0.39 is 0 Å². The van der Waals surface area contributed by atoms with Crippen LogP contribution in [0.3, 0.4) is 0 Å². The number of carbonyl (C=O) groups excluding carboxylic acids is 1. The Balaban J connectivity index is 2.35. The van der Waals surface area contributed by atoms with Gasteiger partial charge in [-0.25, -0.2) is 0 Å². The Bertz CT molecular complexity index is 282. The van der Waals surface area contributed by atoms with Gasteiger partial charge in [-0.3, -0.25) is 4.79 Å². The van der Waals surface area contributed by atoms with Crippen molar-refractivity contribution in [3.63, 3.8) is 0 Å². The second-order valence-corrected chi connectivity index (χ2v) is 6.15. The van der Waals surface area contributed by atoms with Crippen molar-refractivity contribution in [3.05, 3.63) is 0 Å². The fourth-order valence-corrected chi connectivity index (χ4v) is 3.83. The van der Waals surface area contributed by atoms with Crippen molar-refractivity contribution in [1.82, 2.24) is 0 Å². The molecule has 86 valence electrons. The topological polar surface area (TPSA) is 37.3 Å². The first-order valence-electron chi connectivity index (χ1n) is 6.10. The van der Waals surface area contributed by atoms with E-state index in [1.165, 1.54) is 0 Å². The summed E-state index contributed by atoms with van der Waals surface area (Å²) in [5.74, 6) is 0.758. The van der Waals surface area contributed by atoms with Crippen LogP contribution in [0.5, 0.6) is 0 Å². The summed E-state index contributed by atoms with van der Waals surface area (Å²) in [6, 6.07) is 0.